The van der Waals surface area contributed by atoms with Gasteiger partial charge in [0.25, 0.3) is 0 Å². The lowest BCUT2D eigenvalue weighted by Crippen LogP contribution is -2.44. The van der Waals surface area contributed by atoms with Crippen LogP contribution in [0.25, 0.3) is 21.9 Å². The van der Waals surface area contributed by atoms with Gasteiger partial charge in [0, 0.05) is 0 Å². The highest BCUT2D eigenvalue weighted by molar-refractivity contribution is 7.89. The van der Waals surface area contributed by atoms with Crippen LogP contribution >= 0.6 is 0 Å². The van der Waals surface area contributed by atoms with E-state index < -0.39 is 28.0 Å². The number of sulfonamides is 1. The normalized spacial score (nSPS) is 12.4. The van der Waals surface area contributed by atoms with Gasteiger partial charge in [-0.25, -0.2) is 8.42 Å². The highest BCUT2D eigenvalue weighted by Gasteiger charge is 2.28. The Morgan fingerprint density at radius 2 is 1.54 bits per heavy atom. The van der Waals surface area contributed by atoms with Crippen molar-refractivity contribution in [3.8, 4) is 22.6 Å². The maximum atomic E-state index is 12.7. The molecule has 0 spiro atoms. The lowest BCUT2D eigenvalue weighted by atomic mass is 10.1. The molecule has 0 amide bonds. The molecule has 0 heterocycles. The maximum absolute atomic E-state index is 12.7. The van der Waals surface area contributed by atoms with E-state index in [0.717, 1.165) is 22.1 Å². The summed E-state index contributed by atoms with van der Waals surface area (Å²) in [4.78, 5) is 11.4. The zero-order chi connectivity index (χ0) is 26.6. The Morgan fingerprint density at radius 1 is 0.865 bits per heavy atom. The monoisotopic (exact) mass is 519 g/mol. The van der Waals surface area contributed by atoms with Crippen molar-refractivity contribution in [2.45, 2.75) is 31.4 Å². The highest BCUT2D eigenvalue weighted by atomic mass is 32.2. The molecule has 192 valence electrons. The predicted molar refractivity (Wildman–Crippen MR) is 143 cm³/mol. The van der Waals surface area contributed by atoms with Gasteiger partial charge >= 0.3 is 5.97 Å². The number of ether oxygens (including phenoxy) is 2. The molecular weight excluding hydrogens is 490 g/mol. The number of fused-ring (bicyclic) bond motifs is 1. The third-order valence-corrected chi connectivity index (χ3v) is 7.54. The van der Waals surface area contributed by atoms with Crippen molar-refractivity contribution in [3.05, 3.63) is 90.5 Å². The summed E-state index contributed by atoms with van der Waals surface area (Å²) in [6, 6.07) is 24.9. The molecule has 0 bridgehead atoms. The van der Waals surface area contributed by atoms with E-state index in [1.54, 1.807) is 33.1 Å². The van der Waals surface area contributed by atoms with Crippen molar-refractivity contribution in [1.82, 2.24) is 4.72 Å². The predicted octanol–water partition coefficient (Wildman–Crippen LogP) is 5.48. The van der Waals surface area contributed by atoms with Crippen LogP contribution < -0.4 is 14.2 Å². The van der Waals surface area contributed by atoms with Crippen molar-refractivity contribution in [3.63, 3.8) is 0 Å². The minimum Gasteiger partial charge on any atom is -0.493 e. The molecule has 4 rings (SSSR count). The van der Waals surface area contributed by atoms with Gasteiger partial charge in [-0.05, 0) is 63.7 Å². The summed E-state index contributed by atoms with van der Waals surface area (Å²) < 4.78 is 39.2. The Balaban J connectivity index is 1.49. The van der Waals surface area contributed by atoms with E-state index in [1.807, 2.05) is 36.4 Å². The number of benzene rings is 4. The smallest absolute Gasteiger partial charge is 0.322 e. The standard InChI is InChI=1S/C29H29NO6S/c1-19(2)28(29(31)32)30-37(33,34)25-13-10-22(11-14-25)24-12-15-26(27(17-24)35-3)36-18-20-8-9-21-6-4-5-7-23(21)16-20/h4-17,19,28,30H,18H2,1-3H3,(H,31,32). The maximum Gasteiger partial charge on any atom is 0.322 e. The van der Waals surface area contributed by atoms with Gasteiger partial charge in [-0.3, -0.25) is 4.79 Å². The average molecular weight is 520 g/mol. The number of methoxy groups -OCH3 is 1. The van der Waals surface area contributed by atoms with E-state index in [4.69, 9.17) is 9.47 Å². The zero-order valence-electron chi connectivity index (χ0n) is 20.8. The summed E-state index contributed by atoms with van der Waals surface area (Å²) in [5.41, 5.74) is 2.63. The van der Waals surface area contributed by atoms with Crippen LogP contribution in [0.15, 0.2) is 89.8 Å². The molecule has 0 radical (unpaired) electrons. The summed E-state index contributed by atoms with van der Waals surface area (Å²) in [6.45, 7) is 3.67. The molecule has 2 N–H and O–H groups in total. The summed E-state index contributed by atoms with van der Waals surface area (Å²) in [5, 5.41) is 11.6. The lowest BCUT2D eigenvalue weighted by molar-refractivity contribution is -0.140. The minimum absolute atomic E-state index is 0.00884. The molecule has 0 fully saturated rings. The molecule has 0 aliphatic carbocycles. The van der Waals surface area contributed by atoms with Crippen LogP contribution in [0.3, 0.4) is 0 Å². The van der Waals surface area contributed by atoms with Crippen LogP contribution in [0.5, 0.6) is 11.5 Å². The SMILES string of the molecule is COc1cc(-c2ccc(S(=O)(=O)NC(C(=O)O)C(C)C)cc2)ccc1OCc1ccc2ccccc2c1. The van der Waals surface area contributed by atoms with Crippen molar-refractivity contribution in [2.24, 2.45) is 5.92 Å². The fourth-order valence-electron chi connectivity index (χ4n) is 3.99. The number of aliphatic carboxylic acids is 1. The Hall–Kier alpha value is -3.88. The van der Waals surface area contributed by atoms with Crippen LogP contribution in [-0.2, 0) is 21.4 Å². The number of hydrogen-bond donors (Lipinski definition) is 2. The lowest BCUT2D eigenvalue weighted by Gasteiger charge is -2.18. The number of carboxylic acids is 1. The molecule has 1 atom stereocenters. The first-order valence-electron chi connectivity index (χ1n) is 11.8. The Labute approximate surface area is 216 Å². The molecule has 4 aromatic rings. The highest BCUT2D eigenvalue weighted by Crippen LogP contribution is 2.33. The quantitative estimate of drug-likeness (QED) is 0.288. The molecular formula is C29H29NO6S. The Kier molecular flexibility index (Phi) is 7.80. The van der Waals surface area contributed by atoms with Gasteiger partial charge in [0.15, 0.2) is 11.5 Å². The van der Waals surface area contributed by atoms with Crippen LogP contribution in [-0.4, -0.2) is 32.6 Å². The molecule has 0 saturated heterocycles. The fourth-order valence-corrected chi connectivity index (χ4v) is 5.33. The van der Waals surface area contributed by atoms with Crippen molar-refractivity contribution >= 4 is 26.8 Å². The van der Waals surface area contributed by atoms with Gasteiger partial charge in [-0.2, -0.15) is 4.72 Å². The van der Waals surface area contributed by atoms with Crippen molar-refractivity contribution in [2.75, 3.05) is 7.11 Å². The summed E-state index contributed by atoms with van der Waals surface area (Å²) in [5.74, 6) is -0.472. The number of nitrogens with one attached hydrogen (secondary N) is 1. The third kappa shape index (κ3) is 6.10. The van der Waals surface area contributed by atoms with E-state index in [2.05, 4.69) is 29.0 Å². The first-order valence-corrected chi connectivity index (χ1v) is 13.3. The minimum atomic E-state index is -3.99. The Bertz CT molecular complexity index is 1510. The summed E-state index contributed by atoms with van der Waals surface area (Å²) >= 11 is 0. The second kappa shape index (κ2) is 11.0. The molecule has 7 nitrogen and oxygen atoms in total. The second-order valence-electron chi connectivity index (χ2n) is 9.04. The number of carbonyl (C=O) groups is 1. The molecule has 0 aliphatic rings. The Morgan fingerprint density at radius 3 is 2.19 bits per heavy atom. The average Bonchev–Trinajstić information content (AvgIpc) is 2.90. The van der Waals surface area contributed by atoms with E-state index >= 15 is 0 Å². The second-order valence-corrected chi connectivity index (χ2v) is 10.8. The van der Waals surface area contributed by atoms with E-state index in [1.165, 1.54) is 17.5 Å². The van der Waals surface area contributed by atoms with Gasteiger partial charge < -0.3 is 14.6 Å². The summed E-state index contributed by atoms with van der Waals surface area (Å²) in [7, 11) is -2.42. The van der Waals surface area contributed by atoms with Crippen molar-refractivity contribution in [1.29, 1.82) is 0 Å². The summed E-state index contributed by atoms with van der Waals surface area (Å²) in [6.07, 6.45) is 0. The van der Waals surface area contributed by atoms with E-state index in [0.29, 0.717) is 18.1 Å². The fraction of sp³-hybridized carbons (Fsp3) is 0.207. The molecule has 37 heavy (non-hydrogen) atoms. The van der Waals surface area contributed by atoms with Gasteiger partial charge in [0.05, 0.1) is 12.0 Å². The number of hydrogen-bond acceptors (Lipinski definition) is 5. The number of rotatable bonds is 10. The van der Waals surface area contributed by atoms with Gasteiger partial charge in [-0.1, -0.05) is 68.4 Å². The zero-order valence-corrected chi connectivity index (χ0v) is 21.7. The largest absolute Gasteiger partial charge is 0.493 e. The van der Waals surface area contributed by atoms with E-state index in [-0.39, 0.29) is 4.90 Å². The molecule has 8 heteroatoms. The molecule has 1 unspecified atom stereocenters. The molecule has 0 aliphatic heterocycles. The first kappa shape index (κ1) is 26.2. The first-order chi connectivity index (χ1) is 17.7. The molecule has 0 saturated carbocycles. The van der Waals surface area contributed by atoms with Crippen molar-refractivity contribution < 1.29 is 27.8 Å². The topological polar surface area (TPSA) is 102 Å². The van der Waals surface area contributed by atoms with Gasteiger partial charge in [-0.15, -0.1) is 0 Å². The van der Waals surface area contributed by atoms with Gasteiger partial charge in [0.2, 0.25) is 10.0 Å². The van der Waals surface area contributed by atoms with Crippen LogP contribution in [0.4, 0.5) is 0 Å². The van der Waals surface area contributed by atoms with Crippen LogP contribution in [0, 0.1) is 5.92 Å². The van der Waals surface area contributed by atoms with E-state index in [9.17, 15) is 18.3 Å². The van der Waals surface area contributed by atoms with Crippen LogP contribution in [0.2, 0.25) is 0 Å². The molecule has 0 aromatic heterocycles. The number of carboxylic acid groups (broad SMARTS) is 1. The van der Waals surface area contributed by atoms with Crippen LogP contribution in [0.1, 0.15) is 19.4 Å². The molecule has 4 aromatic carbocycles. The third-order valence-electron chi connectivity index (χ3n) is 6.08. The van der Waals surface area contributed by atoms with Gasteiger partial charge in [0.1, 0.15) is 12.6 Å².